The molecule has 0 saturated carbocycles. The second-order valence-electron chi connectivity index (χ2n) is 10.1. The monoisotopic (exact) mass is 550 g/mol. The summed E-state index contributed by atoms with van der Waals surface area (Å²) >= 11 is 0. The maximum absolute atomic E-state index is 14.4. The zero-order valence-corrected chi connectivity index (χ0v) is 22.8. The zero-order chi connectivity index (χ0) is 28.2. The molecule has 0 radical (unpaired) electrons. The topological polar surface area (TPSA) is 91.8 Å². The molecule has 0 unspecified atom stereocenters. The quantitative estimate of drug-likeness (QED) is 0.292. The van der Waals surface area contributed by atoms with Crippen LogP contribution in [-0.4, -0.2) is 32.1 Å². The van der Waals surface area contributed by atoms with E-state index in [9.17, 15) is 22.8 Å². The van der Waals surface area contributed by atoms with Gasteiger partial charge in [0, 0.05) is 41.0 Å². The smallest absolute Gasteiger partial charge is 0.258 e. The standard InChI is InChI=1S/C32H26N2O5S/c1-20-18-28(24-12-6-8-14-27(24)33(20)21(2)35)34(23-10-4-3-5-11-23)32(37)22-16-17-26-30(19-22)40(38,39)29-15-9-7-13-25(29)31(26)36/h3-17,19-20,28H,18H2,1-2H3/t20-,28+/m1/s1. The van der Waals surface area contributed by atoms with Crippen molar-refractivity contribution in [3.05, 3.63) is 119 Å². The second kappa shape index (κ2) is 9.57. The van der Waals surface area contributed by atoms with Gasteiger partial charge in [0.15, 0.2) is 5.78 Å². The van der Waals surface area contributed by atoms with Crippen molar-refractivity contribution in [3.63, 3.8) is 0 Å². The number of hydrogen-bond donors (Lipinski definition) is 0. The lowest BCUT2D eigenvalue weighted by Crippen LogP contribution is -2.47. The highest BCUT2D eigenvalue weighted by Gasteiger charge is 2.39. The Labute approximate surface area is 232 Å². The molecule has 4 aromatic carbocycles. The van der Waals surface area contributed by atoms with E-state index in [2.05, 4.69) is 0 Å². The van der Waals surface area contributed by atoms with Crippen molar-refractivity contribution in [1.82, 2.24) is 0 Å². The highest BCUT2D eigenvalue weighted by atomic mass is 32.2. The second-order valence-corrected chi connectivity index (χ2v) is 12.0. The van der Waals surface area contributed by atoms with Gasteiger partial charge in [-0.3, -0.25) is 14.4 Å². The lowest BCUT2D eigenvalue weighted by molar-refractivity contribution is -0.117. The molecule has 0 N–H and O–H groups in total. The molecular weight excluding hydrogens is 524 g/mol. The number of nitrogens with zero attached hydrogens (tertiary/aromatic N) is 2. The van der Waals surface area contributed by atoms with Crippen molar-refractivity contribution in [1.29, 1.82) is 0 Å². The van der Waals surface area contributed by atoms with E-state index in [1.165, 1.54) is 37.3 Å². The number of carbonyl (C=O) groups excluding carboxylic acids is 3. The predicted octanol–water partition coefficient (Wildman–Crippen LogP) is 5.60. The maximum Gasteiger partial charge on any atom is 0.258 e. The van der Waals surface area contributed by atoms with Crippen molar-refractivity contribution in [3.8, 4) is 0 Å². The Morgan fingerprint density at radius 2 is 1.48 bits per heavy atom. The number of amides is 2. The summed E-state index contributed by atoms with van der Waals surface area (Å²) in [6.07, 6.45) is 0.479. The van der Waals surface area contributed by atoms with Crippen molar-refractivity contribution in [2.24, 2.45) is 0 Å². The molecule has 2 aliphatic heterocycles. The molecule has 2 atom stereocenters. The first-order chi connectivity index (χ1) is 19.2. The van der Waals surface area contributed by atoms with E-state index in [0.717, 1.165) is 11.3 Å². The summed E-state index contributed by atoms with van der Waals surface area (Å²) in [5.74, 6) is -0.877. The van der Waals surface area contributed by atoms with Gasteiger partial charge in [-0.15, -0.1) is 0 Å². The first-order valence-electron chi connectivity index (χ1n) is 13.0. The largest absolute Gasteiger partial charge is 0.309 e. The number of hydrogen-bond acceptors (Lipinski definition) is 5. The lowest BCUT2D eigenvalue weighted by Gasteiger charge is -2.43. The van der Waals surface area contributed by atoms with Gasteiger partial charge in [0.25, 0.3) is 5.91 Å². The van der Waals surface area contributed by atoms with Gasteiger partial charge in [-0.2, -0.15) is 0 Å². The summed E-state index contributed by atoms with van der Waals surface area (Å²) < 4.78 is 27.1. The van der Waals surface area contributed by atoms with Crippen molar-refractivity contribution < 1.29 is 22.8 Å². The number of benzene rings is 4. The number of fused-ring (bicyclic) bond motifs is 3. The fourth-order valence-corrected chi connectivity index (χ4v) is 7.57. The number of anilines is 2. The van der Waals surface area contributed by atoms with Crippen molar-refractivity contribution in [2.45, 2.75) is 42.1 Å². The van der Waals surface area contributed by atoms with E-state index < -0.39 is 27.6 Å². The van der Waals surface area contributed by atoms with Crippen LogP contribution in [0.1, 0.15) is 58.2 Å². The molecule has 2 aliphatic rings. The number of carbonyl (C=O) groups is 3. The highest BCUT2D eigenvalue weighted by molar-refractivity contribution is 7.91. The van der Waals surface area contributed by atoms with Crippen LogP contribution in [0.2, 0.25) is 0 Å². The molecule has 2 amide bonds. The summed E-state index contributed by atoms with van der Waals surface area (Å²) in [6, 6.07) is 26.5. The van der Waals surface area contributed by atoms with Crippen LogP contribution in [0.25, 0.3) is 0 Å². The minimum absolute atomic E-state index is 0.0512. The van der Waals surface area contributed by atoms with Crippen LogP contribution < -0.4 is 9.80 Å². The minimum Gasteiger partial charge on any atom is -0.309 e. The van der Waals surface area contributed by atoms with Gasteiger partial charge in [0.2, 0.25) is 15.7 Å². The highest BCUT2D eigenvalue weighted by Crippen LogP contribution is 2.43. The predicted molar refractivity (Wildman–Crippen MR) is 151 cm³/mol. The van der Waals surface area contributed by atoms with E-state index in [4.69, 9.17) is 0 Å². The first-order valence-corrected chi connectivity index (χ1v) is 14.5. The third kappa shape index (κ3) is 3.95. The Bertz CT molecular complexity index is 1800. The van der Waals surface area contributed by atoms with Crippen LogP contribution in [0.3, 0.4) is 0 Å². The van der Waals surface area contributed by atoms with Gasteiger partial charge < -0.3 is 9.80 Å². The molecule has 0 bridgehead atoms. The van der Waals surface area contributed by atoms with E-state index in [-0.39, 0.29) is 38.4 Å². The molecule has 8 heteroatoms. The minimum atomic E-state index is -4.02. The van der Waals surface area contributed by atoms with Crippen LogP contribution in [-0.2, 0) is 14.6 Å². The third-order valence-corrected chi connectivity index (χ3v) is 9.50. The van der Waals surface area contributed by atoms with Gasteiger partial charge in [0.1, 0.15) is 0 Å². The van der Waals surface area contributed by atoms with E-state index in [1.54, 1.807) is 21.9 Å². The molecule has 2 heterocycles. The average Bonchev–Trinajstić information content (AvgIpc) is 2.96. The molecule has 0 fully saturated rings. The fraction of sp³-hybridized carbons (Fsp3) is 0.156. The summed E-state index contributed by atoms with van der Waals surface area (Å²) in [6.45, 7) is 3.48. The van der Waals surface area contributed by atoms with Crippen LogP contribution in [0.5, 0.6) is 0 Å². The molecular formula is C32H26N2O5S. The van der Waals surface area contributed by atoms with E-state index in [1.807, 2.05) is 61.5 Å². The molecule has 0 spiro atoms. The Hall–Kier alpha value is -4.56. The summed E-state index contributed by atoms with van der Waals surface area (Å²) in [4.78, 5) is 43.2. The summed E-state index contributed by atoms with van der Waals surface area (Å²) in [5, 5.41) is 0. The Balaban J connectivity index is 1.50. The van der Waals surface area contributed by atoms with Gasteiger partial charge in [-0.05, 0) is 67.4 Å². The number of ketones is 1. The molecule has 0 saturated heterocycles. The Kier molecular flexibility index (Phi) is 6.15. The van der Waals surface area contributed by atoms with Crippen LogP contribution >= 0.6 is 0 Å². The van der Waals surface area contributed by atoms with E-state index >= 15 is 0 Å². The number of rotatable bonds is 3. The molecule has 7 nitrogen and oxygen atoms in total. The zero-order valence-electron chi connectivity index (χ0n) is 21.9. The molecule has 4 aromatic rings. The summed E-state index contributed by atoms with van der Waals surface area (Å²) in [5.41, 5.74) is 2.53. The van der Waals surface area contributed by atoms with Gasteiger partial charge in [0.05, 0.1) is 15.8 Å². The molecule has 0 aliphatic carbocycles. The molecule has 6 rings (SSSR count). The maximum atomic E-state index is 14.4. The SMILES string of the molecule is CC(=O)N1c2ccccc2[C@@H](N(C(=O)c2ccc3c(c2)S(=O)(=O)c2ccccc2C3=O)c2ccccc2)C[C@H]1C. The van der Waals surface area contributed by atoms with Gasteiger partial charge >= 0.3 is 0 Å². The van der Waals surface area contributed by atoms with Gasteiger partial charge in [-0.25, -0.2) is 8.42 Å². The number of sulfone groups is 1. The van der Waals surface area contributed by atoms with Crippen LogP contribution in [0, 0.1) is 0 Å². The lowest BCUT2D eigenvalue weighted by atomic mass is 9.89. The average molecular weight is 551 g/mol. The molecule has 200 valence electrons. The van der Waals surface area contributed by atoms with Crippen LogP contribution in [0.15, 0.2) is 107 Å². The van der Waals surface area contributed by atoms with Crippen molar-refractivity contribution >= 4 is 38.8 Å². The van der Waals surface area contributed by atoms with Crippen molar-refractivity contribution in [2.75, 3.05) is 9.80 Å². The molecule has 0 aromatic heterocycles. The first kappa shape index (κ1) is 25.7. The van der Waals surface area contributed by atoms with Gasteiger partial charge in [-0.1, -0.05) is 48.5 Å². The van der Waals surface area contributed by atoms with E-state index in [0.29, 0.717) is 12.1 Å². The third-order valence-electron chi connectivity index (χ3n) is 7.65. The normalized spacial score (nSPS) is 18.8. The number of para-hydroxylation sites is 2. The Morgan fingerprint density at radius 3 is 2.23 bits per heavy atom. The van der Waals surface area contributed by atoms with Crippen LogP contribution in [0.4, 0.5) is 11.4 Å². The fourth-order valence-electron chi connectivity index (χ4n) is 5.89. The summed E-state index contributed by atoms with van der Waals surface area (Å²) in [7, 11) is -4.02. The Morgan fingerprint density at radius 1 is 0.825 bits per heavy atom. The molecule has 40 heavy (non-hydrogen) atoms.